The van der Waals surface area contributed by atoms with Crippen molar-refractivity contribution in [2.24, 2.45) is 5.92 Å². The third kappa shape index (κ3) is 4.08. The first-order chi connectivity index (χ1) is 12.0. The molecule has 3 rings (SSSR count). The number of carbonyl (C=O) groups excluding carboxylic acids is 1. The zero-order valence-electron chi connectivity index (χ0n) is 14.5. The lowest BCUT2D eigenvalue weighted by Crippen LogP contribution is -2.40. The molecule has 0 N–H and O–H groups in total. The first-order valence-corrected chi connectivity index (χ1v) is 10.4. The number of nitrogens with zero attached hydrogens (tertiary/aromatic N) is 3. The van der Waals surface area contributed by atoms with Gasteiger partial charge in [0.25, 0.3) is 5.56 Å². The fourth-order valence-corrected chi connectivity index (χ4v) is 4.52. The minimum atomic E-state index is -0.0599. The van der Waals surface area contributed by atoms with E-state index in [9.17, 15) is 9.59 Å². The Labute approximate surface area is 159 Å². The number of likely N-dealkylation sites (tertiary alicyclic amines) is 1. The second-order valence-corrected chi connectivity index (χ2v) is 8.34. The Bertz CT molecular complexity index is 852. The fraction of sp³-hybridized carbons (Fsp3) is 0.500. The van der Waals surface area contributed by atoms with Crippen molar-refractivity contribution in [2.45, 2.75) is 38.4 Å². The van der Waals surface area contributed by atoms with Crippen LogP contribution in [0.5, 0.6) is 0 Å². The van der Waals surface area contributed by atoms with Crippen LogP contribution in [0.1, 0.15) is 26.7 Å². The fourth-order valence-electron chi connectivity index (χ4n) is 3.20. The van der Waals surface area contributed by atoms with Gasteiger partial charge in [0, 0.05) is 24.1 Å². The van der Waals surface area contributed by atoms with E-state index in [1.165, 1.54) is 18.2 Å². The molecule has 1 saturated heterocycles. The Morgan fingerprint density at radius 2 is 2.24 bits per heavy atom. The molecule has 1 unspecified atom stereocenters. The van der Waals surface area contributed by atoms with Gasteiger partial charge in [-0.2, -0.15) is 0 Å². The van der Waals surface area contributed by atoms with E-state index in [1.807, 2.05) is 24.0 Å². The summed E-state index contributed by atoms with van der Waals surface area (Å²) >= 11 is 4.76. The minimum absolute atomic E-state index is 0.0599. The van der Waals surface area contributed by atoms with Crippen molar-refractivity contribution in [3.8, 4) is 0 Å². The summed E-state index contributed by atoms with van der Waals surface area (Å²) in [5.41, 5.74) is 0.606. The summed E-state index contributed by atoms with van der Waals surface area (Å²) < 4.78 is 2.50. The zero-order chi connectivity index (χ0) is 18.0. The molecule has 5 nitrogen and oxygen atoms in total. The summed E-state index contributed by atoms with van der Waals surface area (Å²) in [6, 6.07) is 5.50. The molecule has 0 spiro atoms. The topological polar surface area (TPSA) is 55.2 Å². The van der Waals surface area contributed by atoms with Gasteiger partial charge in [0.05, 0.1) is 16.7 Å². The molecular weight excluding hydrogens is 402 g/mol. The average Bonchev–Trinajstić information content (AvgIpc) is 2.60. The maximum absolute atomic E-state index is 12.7. The lowest BCUT2D eigenvalue weighted by Gasteiger charge is -2.30. The van der Waals surface area contributed by atoms with Gasteiger partial charge >= 0.3 is 0 Å². The number of thioether (sulfide) groups is 1. The number of amides is 1. The van der Waals surface area contributed by atoms with Crippen molar-refractivity contribution in [3.05, 3.63) is 33.0 Å². The van der Waals surface area contributed by atoms with E-state index in [4.69, 9.17) is 0 Å². The van der Waals surface area contributed by atoms with Crippen LogP contribution in [0, 0.1) is 5.92 Å². The smallest absolute Gasteiger partial charge is 0.262 e. The Hall–Kier alpha value is -1.34. The summed E-state index contributed by atoms with van der Waals surface area (Å²) in [5, 5.41) is 1.21. The second kappa shape index (κ2) is 7.91. The van der Waals surface area contributed by atoms with Crippen molar-refractivity contribution in [2.75, 3.05) is 18.8 Å². The summed E-state index contributed by atoms with van der Waals surface area (Å²) in [5.74, 6) is 1.01. The highest BCUT2D eigenvalue weighted by Gasteiger charge is 2.21. The summed E-state index contributed by atoms with van der Waals surface area (Å²) in [6.45, 7) is 6.31. The monoisotopic (exact) mass is 423 g/mol. The number of aromatic nitrogens is 2. The van der Waals surface area contributed by atoms with Crippen LogP contribution in [-0.4, -0.2) is 39.2 Å². The molecule has 0 saturated carbocycles. The van der Waals surface area contributed by atoms with Crippen LogP contribution >= 0.6 is 27.7 Å². The van der Waals surface area contributed by atoms with Crippen LogP contribution in [0.4, 0.5) is 0 Å². The summed E-state index contributed by atoms with van der Waals surface area (Å²) in [4.78, 5) is 31.8. The predicted molar refractivity (Wildman–Crippen MR) is 105 cm³/mol. The van der Waals surface area contributed by atoms with E-state index in [0.29, 0.717) is 34.3 Å². The normalized spacial score (nSPS) is 17.9. The lowest BCUT2D eigenvalue weighted by atomic mass is 10.0. The van der Waals surface area contributed by atoms with Gasteiger partial charge in [-0.05, 0) is 43.9 Å². The molecule has 1 aromatic carbocycles. The standard InChI is InChI=1S/C18H22BrN3O2S/c1-3-22-17(24)14-9-13(19)6-7-15(14)20-18(22)25-11-16(23)21-8-4-5-12(2)10-21/h6-7,9,12H,3-5,8,10-11H2,1-2H3. The van der Waals surface area contributed by atoms with Gasteiger partial charge < -0.3 is 4.90 Å². The highest BCUT2D eigenvalue weighted by Crippen LogP contribution is 2.22. The molecule has 1 aromatic heterocycles. The Morgan fingerprint density at radius 1 is 1.44 bits per heavy atom. The van der Waals surface area contributed by atoms with Crippen molar-refractivity contribution >= 4 is 44.5 Å². The van der Waals surface area contributed by atoms with Crippen molar-refractivity contribution < 1.29 is 4.79 Å². The third-order valence-electron chi connectivity index (χ3n) is 4.53. The number of rotatable bonds is 4. The van der Waals surface area contributed by atoms with Gasteiger partial charge in [-0.25, -0.2) is 4.98 Å². The van der Waals surface area contributed by atoms with Crippen molar-refractivity contribution in [1.29, 1.82) is 0 Å². The number of fused-ring (bicyclic) bond motifs is 1. The van der Waals surface area contributed by atoms with Crippen molar-refractivity contribution in [1.82, 2.24) is 14.5 Å². The molecular formula is C18H22BrN3O2S. The molecule has 2 heterocycles. The van der Waals surface area contributed by atoms with Gasteiger partial charge in [-0.1, -0.05) is 34.6 Å². The number of benzene rings is 1. The first kappa shape index (κ1) is 18.5. The highest BCUT2D eigenvalue weighted by molar-refractivity contribution is 9.10. The van der Waals surface area contributed by atoms with Crippen LogP contribution in [-0.2, 0) is 11.3 Å². The van der Waals surface area contributed by atoms with Gasteiger partial charge in [0.2, 0.25) is 5.91 Å². The summed E-state index contributed by atoms with van der Waals surface area (Å²) in [7, 11) is 0. The van der Waals surface area contributed by atoms with Crippen LogP contribution in [0.25, 0.3) is 10.9 Å². The van der Waals surface area contributed by atoms with Crippen LogP contribution < -0.4 is 5.56 Å². The average molecular weight is 424 g/mol. The van der Waals surface area contributed by atoms with Crippen LogP contribution in [0.2, 0.25) is 0 Å². The maximum Gasteiger partial charge on any atom is 0.262 e. The number of carbonyl (C=O) groups is 1. The van der Waals surface area contributed by atoms with Gasteiger partial charge in [0.15, 0.2) is 5.16 Å². The molecule has 2 aromatic rings. The summed E-state index contributed by atoms with van der Waals surface area (Å²) in [6.07, 6.45) is 2.26. The quantitative estimate of drug-likeness (QED) is 0.557. The zero-order valence-corrected chi connectivity index (χ0v) is 16.9. The molecule has 0 bridgehead atoms. The van der Waals surface area contributed by atoms with E-state index >= 15 is 0 Å². The Kier molecular flexibility index (Phi) is 5.84. The van der Waals surface area contributed by atoms with E-state index < -0.39 is 0 Å². The third-order valence-corrected chi connectivity index (χ3v) is 5.99. The largest absolute Gasteiger partial charge is 0.342 e. The first-order valence-electron chi connectivity index (χ1n) is 8.60. The number of hydrogen-bond donors (Lipinski definition) is 0. The SMILES string of the molecule is CCn1c(SCC(=O)N2CCCC(C)C2)nc2ccc(Br)cc2c1=O. The molecule has 1 aliphatic rings. The molecule has 25 heavy (non-hydrogen) atoms. The number of hydrogen-bond acceptors (Lipinski definition) is 4. The molecule has 1 atom stereocenters. The second-order valence-electron chi connectivity index (χ2n) is 6.48. The maximum atomic E-state index is 12.7. The predicted octanol–water partition coefficient (Wildman–Crippen LogP) is 3.53. The van der Waals surface area contributed by atoms with Crippen molar-refractivity contribution in [3.63, 3.8) is 0 Å². The van der Waals surface area contributed by atoms with E-state index in [-0.39, 0.29) is 11.5 Å². The van der Waals surface area contributed by atoms with Gasteiger partial charge in [0.1, 0.15) is 0 Å². The molecule has 7 heteroatoms. The van der Waals surface area contributed by atoms with Crippen LogP contribution in [0.15, 0.2) is 32.6 Å². The van der Waals surface area contributed by atoms with Gasteiger partial charge in [-0.15, -0.1) is 0 Å². The number of halogens is 1. The highest BCUT2D eigenvalue weighted by atomic mass is 79.9. The Balaban J connectivity index is 1.82. The number of piperidine rings is 1. The molecule has 1 aliphatic heterocycles. The lowest BCUT2D eigenvalue weighted by molar-refractivity contribution is -0.130. The molecule has 0 radical (unpaired) electrons. The Morgan fingerprint density at radius 3 is 2.96 bits per heavy atom. The van der Waals surface area contributed by atoms with Crippen LogP contribution in [0.3, 0.4) is 0 Å². The van der Waals surface area contributed by atoms with Gasteiger partial charge in [-0.3, -0.25) is 14.2 Å². The minimum Gasteiger partial charge on any atom is -0.342 e. The molecule has 0 aliphatic carbocycles. The van der Waals surface area contributed by atoms with E-state index in [2.05, 4.69) is 27.8 Å². The molecule has 134 valence electrons. The molecule has 1 amide bonds. The van der Waals surface area contributed by atoms with E-state index in [1.54, 1.807) is 10.6 Å². The molecule has 1 fully saturated rings. The van der Waals surface area contributed by atoms with E-state index in [0.717, 1.165) is 24.0 Å².